The maximum absolute atomic E-state index is 4.17. The molecule has 0 aliphatic carbocycles. The van der Waals surface area contributed by atoms with Gasteiger partial charge in [0, 0.05) is 5.75 Å². The van der Waals surface area contributed by atoms with Crippen LogP contribution in [0.15, 0.2) is 0 Å². The van der Waals surface area contributed by atoms with Crippen LogP contribution in [0.25, 0.3) is 0 Å². The van der Waals surface area contributed by atoms with Gasteiger partial charge in [0.2, 0.25) is 0 Å². The van der Waals surface area contributed by atoms with Crippen LogP contribution in [-0.2, 0) is 0 Å². The molecular formula is C10H18N3RbS. The number of nitrogens with zero attached hydrogens (tertiary/aromatic N) is 3. The van der Waals surface area contributed by atoms with E-state index < -0.39 is 0 Å². The van der Waals surface area contributed by atoms with E-state index in [1.807, 2.05) is 6.92 Å². The van der Waals surface area contributed by atoms with E-state index in [9.17, 15) is 0 Å². The zero-order valence-corrected chi connectivity index (χ0v) is 15.9. The number of aromatic nitrogens is 3. The molecule has 0 saturated carbocycles. The van der Waals surface area contributed by atoms with E-state index in [4.69, 9.17) is 0 Å². The number of rotatable bonds is 6. The fourth-order valence-corrected chi connectivity index (χ4v) is 2.22. The third-order valence-corrected chi connectivity index (χ3v) is 3.23. The average molecular weight is 298 g/mol. The van der Waals surface area contributed by atoms with E-state index in [0.29, 0.717) is 0 Å². The van der Waals surface area contributed by atoms with E-state index in [1.165, 1.54) is 19.3 Å². The fourth-order valence-electron chi connectivity index (χ4n) is 1.34. The molecule has 1 aromatic rings. The van der Waals surface area contributed by atoms with Gasteiger partial charge < -0.3 is 11.3 Å². The molecule has 0 aromatic carbocycles. The van der Waals surface area contributed by atoms with E-state index >= 15 is 0 Å². The summed E-state index contributed by atoms with van der Waals surface area (Å²) >= 11 is 1.66. The van der Waals surface area contributed by atoms with Crippen LogP contribution in [-0.4, -0.2) is 20.2 Å². The summed E-state index contributed by atoms with van der Waals surface area (Å²) in [5.41, 5.74) is 0.861. The van der Waals surface area contributed by atoms with Crippen molar-refractivity contribution in [3.8, 4) is 0 Å². The number of hydrogen-bond acceptors (Lipinski definition) is 3. The zero-order chi connectivity index (χ0) is 10.4. The molecule has 0 aliphatic heterocycles. The van der Waals surface area contributed by atoms with Crippen molar-refractivity contribution in [3.63, 3.8) is 0 Å². The molecule has 0 atom stereocenters. The molecule has 0 saturated heterocycles. The Balaban J connectivity index is 0.00000196. The summed E-state index contributed by atoms with van der Waals surface area (Å²) in [6, 6.07) is 0. The molecule has 1 aromatic heterocycles. The van der Waals surface area contributed by atoms with Crippen LogP contribution in [0.3, 0.4) is 0 Å². The van der Waals surface area contributed by atoms with Gasteiger partial charge in [-0.05, 0) is 24.3 Å². The van der Waals surface area contributed by atoms with Crippen molar-refractivity contribution < 1.29 is 58.2 Å². The molecular weight excluding hydrogens is 280 g/mol. The minimum Gasteiger partial charge on any atom is -0.363 e. The van der Waals surface area contributed by atoms with Gasteiger partial charge in [-0.3, -0.25) is 0 Å². The normalized spacial score (nSPS) is 10.4. The molecule has 0 N–H and O–H groups in total. The van der Waals surface area contributed by atoms with Gasteiger partial charge in [0.05, 0.1) is 0 Å². The van der Waals surface area contributed by atoms with Crippen LogP contribution >= 0.6 is 11.9 Å². The topological polar surface area (TPSA) is 30.7 Å². The Morgan fingerprint density at radius 1 is 1.40 bits per heavy atom. The standard InChI is InChI=1S/C10H18N3S.Rb/c1-4-10(5-2)6-7-14-13-11-8-9(3)12-13;/h10H,4-7H2,1-3H3;/q-1;+1. The van der Waals surface area contributed by atoms with Crippen LogP contribution in [0.5, 0.6) is 0 Å². The second-order valence-electron chi connectivity index (χ2n) is 3.45. The average Bonchev–Trinajstić information content (AvgIpc) is 2.59. The van der Waals surface area contributed by atoms with Crippen LogP contribution in [0, 0.1) is 19.0 Å². The van der Waals surface area contributed by atoms with Gasteiger partial charge in [0.1, 0.15) is 0 Å². The third-order valence-electron chi connectivity index (χ3n) is 2.42. The van der Waals surface area contributed by atoms with Crippen LogP contribution < -0.4 is 58.2 Å². The minimum atomic E-state index is 0. The molecule has 15 heavy (non-hydrogen) atoms. The predicted octanol–water partition coefficient (Wildman–Crippen LogP) is -0.287. The van der Waals surface area contributed by atoms with Crippen molar-refractivity contribution in [1.82, 2.24) is 14.4 Å². The second kappa shape index (κ2) is 9.34. The van der Waals surface area contributed by atoms with Crippen LogP contribution in [0.1, 0.15) is 38.8 Å². The summed E-state index contributed by atoms with van der Waals surface area (Å²) in [5, 5.41) is 8.18. The second-order valence-corrected chi connectivity index (χ2v) is 4.45. The largest absolute Gasteiger partial charge is 1.00 e. The molecule has 0 aliphatic rings. The summed E-state index contributed by atoms with van der Waals surface area (Å²) in [6.07, 6.45) is 6.61. The first-order valence-corrected chi connectivity index (χ1v) is 6.15. The maximum atomic E-state index is 4.17. The molecule has 0 unspecified atom stereocenters. The van der Waals surface area contributed by atoms with Crippen molar-refractivity contribution in [2.24, 2.45) is 5.92 Å². The molecule has 3 nitrogen and oxygen atoms in total. The molecule has 0 spiro atoms. The first-order chi connectivity index (χ1) is 6.76. The Kier molecular flexibility index (Phi) is 10.1. The Morgan fingerprint density at radius 2 is 2.07 bits per heavy atom. The monoisotopic (exact) mass is 297 g/mol. The van der Waals surface area contributed by atoms with Crippen molar-refractivity contribution in [2.45, 2.75) is 40.0 Å². The van der Waals surface area contributed by atoms with Crippen molar-refractivity contribution in [3.05, 3.63) is 11.9 Å². The molecule has 0 bridgehead atoms. The summed E-state index contributed by atoms with van der Waals surface area (Å²) in [6.45, 7) is 6.41. The van der Waals surface area contributed by atoms with Crippen LogP contribution in [0.4, 0.5) is 0 Å². The Labute approximate surface area is 146 Å². The van der Waals surface area contributed by atoms with Gasteiger partial charge >= 0.3 is 58.2 Å². The first-order valence-electron chi connectivity index (χ1n) is 5.21. The van der Waals surface area contributed by atoms with Gasteiger partial charge in [-0.15, -0.1) is 0 Å². The molecule has 0 fully saturated rings. The van der Waals surface area contributed by atoms with Crippen molar-refractivity contribution in [1.29, 1.82) is 0 Å². The van der Waals surface area contributed by atoms with E-state index in [1.54, 1.807) is 16.1 Å². The SMILES string of the molecule is CCC(CC)CCSn1n[c-]c(C)n1.[Rb+]. The summed E-state index contributed by atoms with van der Waals surface area (Å²) in [5.74, 6) is 1.94. The Bertz CT molecular complexity index is 261. The van der Waals surface area contributed by atoms with Gasteiger partial charge in [-0.1, -0.05) is 39.3 Å². The van der Waals surface area contributed by atoms with Crippen molar-refractivity contribution in [2.75, 3.05) is 5.75 Å². The fraction of sp³-hybridized carbons (Fsp3) is 0.800. The Morgan fingerprint density at radius 3 is 2.53 bits per heavy atom. The summed E-state index contributed by atoms with van der Waals surface area (Å²) in [7, 11) is 0. The first kappa shape index (κ1) is 16.3. The quantitative estimate of drug-likeness (QED) is 0.677. The van der Waals surface area contributed by atoms with Crippen LogP contribution in [0.2, 0.25) is 0 Å². The Hall–Kier alpha value is 1.30. The van der Waals surface area contributed by atoms with E-state index in [-0.39, 0.29) is 58.2 Å². The smallest absolute Gasteiger partial charge is 0.363 e. The van der Waals surface area contributed by atoms with E-state index in [0.717, 1.165) is 17.4 Å². The molecule has 5 heteroatoms. The minimum absolute atomic E-state index is 0. The predicted molar refractivity (Wildman–Crippen MR) is 60.1 cm³/mol. The van der Waals surface area contributed by atoms with Gasteiger partial charge in [0.25, 0.3) is 0 Å². The summed E-state index contributed by atoms with van der Waals surface area (Å²) < 4.78 is 1.66. The third kappa shape index (κ3) is 6.56. The van der Waals surface area contributed by atoms with Gasteiger partial charge in [0.15, 0.2) is 0 Å². The van der Waals surface area contributed by atoms with E-state index in [2.05, 4.69) is 30.2 Å². The number of hydrogen-bond donors (Lipinski definition) is 0. The number of aryl methyl sites for hydroxylation is 1. The molecule has 1 heterocycles. The summed E-state index contributed by atoms with van der Waals surface area (Å²) in [4.78, 5) is 0. The van der Waals surface area contributed by atoms with Gasteiger partial charge in [-0.2, -0.15) is 9.30 Å². The van der Waals surface area contributed by atoms with Crippen molar-refractivity contribution >= 4 is 11.9 Å². The molecule has 80 valence electrons. The molecule has 1 rings (SSSR count). The molecule has 0 amide bonds. The van der Waals surface area contributed by atoms with Gasteiger partial charge in [-0.25, -0.2) is 0 Å². The zero-order valence-electron chi connectivity index (χ0n) is 10.2. The maximum Gasteiger partial charge on any atom is 1.00 e. The molecule has 0 radical (unpaired) electrons.